The van der Waals surface area contributed by atoms with E-state index in [2.05, 4.69) is 5.32 Å². The maximum absolute atomic E-state index is 12.9. The number of halogens is 1. The number of piperazine rings is 1. The fraction of sp³-hybridized carbons (Fsp3) is 0.348. The molecule has 3 rings (SSSR count). The predicted molar refractivity (Wildman–Crippen MR) is 118 cm³/mol. The second kappa shape index (κ2) is 9.87. The van der Waals surface area contributed by atoms with Crippen LogP contribution in [0.4, 0.5) is 5.69 Å². The fourth-order valence-electron chi connectivity index (χ4n) is 3.44. The van der Waals surface area contributed by atoms with E-state index in [1.165, 1.54) is 0 Å². The number of benzene rings is 2. The smallest absolute Gasteiger partial charge is 0.238 e. The predicted octanol–water partition coefficient (Wildman–Crippen LogP) is 3.31. The Hall–Kier alpha value is -2.70. The van der Waals surface area contributed by atoms with E-state index in [1.54, 1.807) is 42.5 Å². The Morgan fingerprint density at radius 2 is 1.67 bits per heavy atom. The molecule has 1 saturated heterocycles. The molecular formula is C23H26ClN3O3. The van der Waals surface area contributed by atoms with E-state index >= 15 is 0 Å². The Morgan fingerprint density at radius 3 is 2.30 bits per heavy atom. The molecule has 7 heteroatoms. The summed E-state index contributed by atoms with van der Waals surface area (Å²) in [5.41, 5.74) is 1.32. The van der Waals surface area contributed by atoms with Gasteiger partial charge in [-0.15, -0.1) is 0 Å². The summed E-state index contributed by atoms with van der Waals surface area (Å²) in [4.78, 5) is 41.5. The molecule has 1 aliphatic rings. The van der Waals surface area contributed by atoms with Crippen molar-refractivity contribution in [1.29, 1.82) is 0 Å². The zero-order chi connectivity index (χ0) is 21.7. The quantitative estimate of drug-likeness (QED) is 0.718. The summed E-state index contributed by atoms with van der Waals surface area (Å²) in [6, 6.07) is 13.7. The third kappa shape index (κ3) is 5.46. The molecule has 0 bridgehead atoms. The third-order valence-electron chi connectivity index (χ3n) is 5.08. The monoisotopic (exact) mass is 427 g/mol. The summed E-state index contributed by atoms with van der Waals surface area (Å²) in [6.07, 6.45) is 0. The molecule has 30 heavy (non-hydrogen) atoms. The van der Waals surface area contributed by atoms with Gasteiger partial charge in [0.25, 0.3) is 0 Å². The van der Waals surface area contributed by atoms with Gasteiger partial charge >= 0.3 is 0 Å². The number of hydrogen-bond donors (Lipinski definition) is 1. The van der Waals surface area contributed by atoms with Gasteiger partial charge in [0, 0.05) is 48.2 Å². The molecule has 0 saturated carbocycles. The Morgan fingerprint density at radius 1 is 1.00 bits per heavy atom. The average Bonchev–Trinajstić information content (AvgIpc) is 2.75. The van der Waals surface area contributed by atoms with Gasteiger partial charge in [0.2, 0.25) is 11.8 Å². The molecule has 0 atom stereocenters. The van der Waals surface area contributed by atoms with E-state index in [0.717, 1.165) is 0 Å². The molecule has 0 unspecified atom stereocenters. The van der Waals surface area contributed by atoms with Crippen LogP contribution in [0.3, 0.4) is 0 Å². The molecule has 0 aromatic heterocycles. The molecule has 2 aromatic carbocycles. The second-order valence-electron chi connectivity index (χ2n) is 7.69. The minimum atomic E-state index is -0.205. The van der Waals surface area contributed by atoms with Crippen LogP contribution < -0.4 is 5.32 Å². The topological polar surface area (TPSA) is 69.7 Å². The molecular weight excluding hydrogens is 402 g/mol. The molecule has 0 aliphatic carbocycles. The first-order chi connectivity index (χ1) is 14.3. The maximum Gasteiger partial charge on any atom is 0.238 e. The van der Waals surface area contributed by atoms with E-state index < -0.39 is 0 Å². The van der Waals surface area contributed by atoms with E-state index in [4.69, 9.17) is 11.6 Å². The summed E-state index contributed by atoms with van der Waals surface area (Å²) in [5.74, 6) is -0.285. The standard InChI is InChI=1S/C23H26ClN3O3/c1-16(2)23(30)27-12-10-26(11-13-27)15-21(28)25-20-9-8-18(24)14-19(20)22(29)17-6-4-3-5-7-17/h3-9,14,16H,10-13,15H2,1-2H3,(H,25,28). The van der Waals surface area contributed by atoms with E-state index in [0.29, 0.717) is 48.0 Å². The number of nitrogens with zero attached hydrogens (tertiary/aromatic N) is 2. The molecule has 1 fully saturated rings. The molecule has 1 heterocycles. The molecule has 0 spiro atoms. The summed E-state index contributed by atoms with van der Waals surface area (Å²) < 4.78 is 0. The van der Waals surface area contributed by atoms with Crippen LogP contribution in [-0.2, 0) is 9.59 Å². The molecule has 2 amide bonds. The van der Waals surface area contributed by atoms with Crippen molar-refractivity contribution < 1.29 is 14.4 Å². The Bertz CT molecular complexity index is 923. The number of hydrogen-bond acceptors (Lipinski definition) is 4. The molecule has 1 N–H and O–H groups in total. The number of carbonyl (C=O) groups excluding carboxylic acids is 3. The average molecular weight is 428 g/mol. The van der Waals surface area contributed by atoms with Crippen molar-refractivity contribution in [3.8, 4) is 0 Å². The number of nitrogens with one attached hydrogen (secondary N) is 1. The minimum Gasteiger partial charge on any atom is -0.340 e. The lowest BCUT2D eigenvalue weighted by Crippen LogP contribution is -2.51. The van der Waals surface area contributed by atoms with Gasteiger partial charge in [0.1, 0.15) is 0 Å². The normalized spacial score (nSPS) is 14.6. The van der Waals surface area contributed by atoms with Crippen molar-refractivity contribution >= 4 is 34.9 Å². The Labute approximate surface area is 181 Å². The number of amides is 2. The third-order valence-corrected chi connectivity index (χ3v) is 5.32. The second-order valence-corrected chi connectivity index (χ2v) is 8.13. The lowest BCUT2D eigenvalue weighted by Gasteiger charge is -2.35. The lowest BCUT2D eigenvalue weighted by molar-refractivity contribution is -0.136. The van der Waals surface area contributed by atoms with E-state index in [9.17, 15) is 14.4 Å². The van der Waals surface area contributed by atoms with Crippen LogP contribution in [-0.4, -0.2) is 60.1 Å². The van der Waals surface area contributed by atoms with Crippen molar-refractivity contribution in [2.24, 2.45) is 5.92 Å². The summed E-state index contributed by atoms with van der Waals surface area (Å²) in [6.45, 7) is 6.49. The minimum absolute atomic E-state index is 0.0228. The first-order valence-electron chi connectivity index (χ1n) is 10.1. The van der Waals surface area contributed by atoms with Gasteiger partial charge < -0.3 is 10.2 Å². The van der Waals surface area contributed by atoms with Crippen molar-refractivity contribution in [2.45, 2.75) is 13.8 Å². The number of ketones is 1. The van der Waals surface area contributed by atoms with Crippen LogP contribution in [0, 0.1) is 5.92 Å². The molecule has 158 valence electrons. The highest BCUT2D eigenvalue weighted by atomic mass is 35.5. The summed E-state index contributed by atoms with van der Waals surface area (Å²) in [7, 11) is 0. The van der Waals surface area contributed by atoms with Gasteiger partial charge in [-0.3, -0.25) is 19.3 Å². The number of rotatable bonds is 6. The van der Waals surface area contributed by atoms with E-state index in [-0.39, 0.29) is 30.1 Å². The van der Waals surface area contributed by atoms with Crippen LogP contribution in [0.15, 0.2) is 48.5 Å². The van der Waals surface area contributed by atoms with Crippen LogP contribution in [0.25, 0.3) is 0 Å². The van der Waals surface area contributed by atoms with Crippen molar-refractivity contribution in [1.82, 2.24) is 9.80 Å². The van der Waals surface area contributed by atoms with Crippen LogP contribution in [0.1, 0.15) is 29.8 Å². The van der Waals surface area contributed by atoms with E-state index in [1.807, 2.05) is 29.7 Å². The van der Waals surface area contributed by atoms with Gasteiger partial charge in [-0.1, -0.05) is 55.8 Å². The Balaban J connectivity index is 1.64. The molecule has 2 aromatic rings. The SMILES string of the molecule is CC(C)C(=O)N1CCN(CC(=O)Nc2ccc(Cl)cc2C(=O)c2ccccc2)CC1. The van der Waals surface area contributed by atoms with Crippen LogP contribution >= 0.6 is 11.6 Å². The zero-order valence-electron chi connectivity index (χ0n) is 17.2. The molecule has 0 radical (unpaired) electrons. The zero-order valence-corrected chi connectivity index (χ0v) is 18.0. The van der Waals surface area contributed by atoms with Gasteiger partial charge in [-0.2, -0.15) is 0 Å². The number of carbonyl (C=O) groups is 3. The molecule has 6 nitrogen and oxygen atoms in total. The van der Waals surface area contributed by atoms with Gasteiger partial charge in [0.05, 0.1) is 12.2 Å². The first-order valence-corrected chi connectivity index (χ1v) is 10.4. The highest BCUT2D eigenvalue weighted by Gasteiger charge is 2.24. The van der Waals surface area contributed by atoms with Gasteiger partial charge in [-0.05, 0) is 18.2 Å². The highest BCUT2D eigenvalue weighted by molar-refractivity contribution is 6.31. The maximum atomic E-state index is 12.9. The van der Waals surface area contributed by atoms with Crippen molar-refractivity contribution in [2.75, 3.05) is 38.0 Å². The van der Waals surface area contributed by atoms with Crippen LogP contribution in [0.5, 0.6) is 0 Å². The van der Waals surface area contributed by atoms with Gasteiger partial charge in [-0.25, -0.2) is 0 Å². The fourth-order valence-corrected chi connectivity index (χ4v) is 3.61. The Kier molecular flexibility index (Phi) is 7.24. The highest BCUT2D eigenvalue weighted by Crippen LogP contribution is 2.24. The molecule has 1 aliphatic heterocycles. The van der Waals surface area contributed by atoms with Crippen molar-refractivity contribution in [3.63, 3.8) is 0 Å². The lowest BCUT2D eigenvalue weighted by atomic mass is 10.0. The summed E-state index contributed by atoms with van der Waals surface area (Å²) >= 11 is 6.10. The van der Waals surface area contributed by atoms with Crippen LogP contribution in [0.2, 0.25) is 5.02 Å². The van der Waals surface area contributed by atoms with Gasteiger partial charge in [0.15, 0.2) is 5.78 Å². The van der Waals surface area contributed by atoms with Crippen molar-refractivity contribution in [3.05, 3.63) is 64.7 Å². The largest absolute Gasteiger partial charge is 0.340 e. The number of anilines is 1. The summed E-state index contributed by atoms with van der Waals surface area (Å²) in [5, 5.41) is 3.28. The first kappa shape index (κ1) is 22.0.